The molecule has 1 atom stereocenters. The second-order valence-corrected chi connectivity index (χ2v) is 10.7. The van der Waals surface area contributed by atoms with Crippen LogP contribution in [-0.4, -0.2) is 54.0 Å². The van der Waals surface area contributed by atoms with Gasteiger partial charge in [-0.15, -0.1) is 11.3 Å². The fraction of sp³-hybridized carbons (Fsp3) is 0.350. The molecule has 2 aromatic heterocycles. The molecule has 0 bridgehead atoms. The van der Waals surface area contributed by atoms with E-state index >= 15 is 0 Å². The molecule has 0 saturated carbocycles. The normalized spacial score (nSPS) is 17.2. The van der Waals surface area contributed by atoms with E-state index in [4.69, 9.17) is 10.5 Å². The maximum absolute atomic E-state index is 11.8. The summed E-state index contributed by atoms with van der Waals surface area (Å²) in [5.41, 5.74) is 7.45. The van der Waals surface area contributed by atoms with Crippen LogP contribution in [0.3, 0.4) is 0 Å². The Balaban J connectivity index is 1.68. The van der Waals surface area contributed by atoms with Crippen molar-refractivity contribution in [2.24, 2.45) is 5.73 Å². The number of benzene rings is 1. The molecule has 1 amide bonds. The summed E-state index contributed by atoms with van der Waals surface area (Å²) in [6, 6.07) is 4.89. The van der Waals surface area contributed by atoms with Crippen LogP contribution in [0.1, 0.15) is 27.2 Å². The van der Waals surface area contributed by atoms with Gasteiger partial charge in [0.15, 0.2) is 0 Å². The first-order valence-electron chi connectivity index (χ1n) is 9.67. The lowest BCUT2D eigenvalue weighted by Crippen LogP contribution is -2.30. The van der Waals surface area contributed by atoms with E-state index in [1.807, 2.05) is 13.8 Å². The van der Waals surface area contributed by atoms with Crippen LogP contribution in [0.15, 0.2) is 24.5 Å². The van der Waals surface area contributed by atoms with E-state index in [0.717, 1.165) is 20.7 Å². The van der Waals surface area contributed by atoms with Crippen LogP contribution in [0, 0.1) is 13.8 Å². The second-order valence-electron chi connectivity index (χ2n) is 7.54. The summed E-state index contributed by atoms with van der Waals surface area (Å²) in [6.45, 7) is 4.70. The molecule has 1 aliphatic heterocycles. The molecule has 3 heterocycles. The standard InChI is InChI=1S/C20H23N5O4S2/c1-11-12(2)30-20-17(11)19(22-10-23-20)24-15-5-4-13(18(21)26)8-16(15)29-14-6-7-25(9-14)31(3,27)28/h4-5,8,10,14H,6-7,9H2,1-3H3,(H2,21,26)(H,22,23,24). The number of ether oxygens (including phenoxy) is 1. The number of nitrogens with two attached hydrogens (primary N) is 1. The van der Waals surface area contributed by atoms with Crippen molar-refractivity contribution in [3.63, 3.8) is 0 Å². The summed E-state index contributed by atoms with van der Waals surface area (Å²) in [5.74, 6) is 0.468. The van der Waals surface area contributed by atoms with E-state index in [0.29, 0.717) is 35.8 Å². The molecule has 1 fully saturated rings. The SMILES string of the molecule is Cc1sc2ncnc(Nc3ccc(C(N)=O)cc3OC3CCN(S(C)(=O)=O)C3)c2c1C. The molecule has 4 rings (SSSR count). The summed E-state index contributed by atoms with van der Waals surface area (Å²) < 4.78 is 31.2. The summed E-state index contributed by atoms with van der Waals surface area (Å²) in [4.78, 5) is 22.5. The topological polar surface area (TPSA) is 128 Å². The van der Waals surface area contributed by atoms with Gasteiger partial charge in [-0.05, 0) is 44.0 Å². The van der Waals surface area contributed by atoms with Crippen LogP contribution < -0.4 is 15.8 Å². The van der Waals surface area contributed by atoms with Crippen molar-refractivity contribution in [2.75, 3.05) is 24.7 Å². The average Bonchev–Trinajstić information content (AvgIpc) is 3.28. The van der Waals surface area contributed by atoms with Gasteiger partial charge < -0.3 is 15.8 Å². The van der Waals surface area contributed by atoms with Gasteiger partial charge >= 0.3 is 0 Å². The minimum atomic E-state index is -3.29. The highest BCUT2D eigenvalue weighted by Gasteiger charge is 2.30. The number of hydrogen-bond acceptors (Lipinski definition) is 8. The summed E-state index contributed by atoms with van der Waals surface area (Å²) in [7, 11) is -3.29. The maximum Gasteiger partial charge on any atom is 0.248 e. The molecule has 31 heavy (non-hydrogen) atoms. The van der Waals surface area contributed by atoms with Crippen molar-refractivity contribution >= 4 is 49.0 Å². The Morgan fingerprint density at radius 1 is 1.32 bits per heavy atom. The number of nitrogens with one attached hydrogen (secondary N) is 1. The first-order valence-corrected chi connectivity index (χ1v) is 12.3. The molecule has 164 valence electrons. The number of sulfonamides is 1. The highest BCUT2D eigenvalue weighted by atomic mass is 32.2. The highest BCUT2D eigenvalue weighted by molar-refractivity contribution is 7.88. The molecule has 3 N–H and O–H groups in total. The van der Waals surface area contributed by atoms with Crippen LogP contribution in [0.2, 0.25) is 0 Å². The smallest absolute Gasteiger partial charge is 0.248 e. The molecule has 1 unspecified atom stereocenters. The number of fused-ring (bicyclic) bond motifs is 1. The number of aryl methyl sites for hydroxylation is 2. The number of primary amides is 1. The van der Waals surface area contributed by atoms with Crippen molar-refractivity contribution in [3.05, 3.63) is 40.5 Å². The molecule has 9 nitrogen and oxygen atoms in total. The predicted octanol–water partition coefficient (Wildman–Crippen LogP) is 2.56. The van der Waals surface area contributed by atoms with Crippen LogP contribution in [0.25, 0.3) is 10.2 Å². The van der Waals surface area contributed by atoms with E-state index in [1.54, 1.807) is 29.5 Å². The van der Waals surface area contributed by atoms with Gasteiger partial charge in [0, 0.05) is 17.0 Å². The van der Waals surface area contributed by atoms with Crippen molar-refractivity contribution in [1.29, 1.82) is 0 Å². The van der Waals surface area contributed by atoms with Crippen molar-refractivity contribution in [3.8, 4) is 5.75 Å². The molecule has 11 heteroatoms. The Labute approximate surface area is 184 Å². The summed E-state index contributed by atoms with van der Waals surface area (Å²) in [6.07, 6.45) is 2.89. The molecular weight excluding hydrogens is 438 g/mol. The van der Waals surface area contributed by atoms with Crippen LogP contribution >= 0.6 is 11.3 Å². The summed E-state index contributed by atoms with van der Waals surface area (Å²) in [5, 5.41) is 4.23. The number of amides is 1. The number of thiophene rings is 1. The lowest BCUT2D eigenvalue weighted by molar-refractivity contribution is 0.0999. The fourth-order valence-electron chi connectivity index (χ4n) is 3.56. The Morgan fingerprint density at radius 2 is 2.10 bits per heavy atom. The van der Waals surface area contributed by atoms with Gasteiger partial charge in [-0.1, -0.05) is 0 Å². The first kappa shape index (κ1) is 21.5. The number of nitrogens with zero attached hydrogens (tertiary/aromatic N) is 3. The van der Waals surface area contributed by atoms with Gasteiger partial charge in [-0.3, -0.25) is 4.79 Å². The molecular formula is C20H23N5O4S2. The molecule has 1 aromatic carbocycles. The molecule has 0 radical (unpaired) electrons. The fourth-order valence-corrected chi connectivity index (χ4v) is 5.43. The minimum Gasteiger partial charge on any atom is -0.487 e. The Bertz CT molecular complexity index is 1270. The second kappa shape index (κ2) is 8.06. The third kappa shape index (κ3) is 4.34. The molecule has 3 aromatic rings. The van der Waals surface area contributed by atoms with Gasteiger partial charge in [0.2, 0.25) is 15.9 Å². The zero-order valence-corrected chi connectivity index (χ0v) is 19.0. The maximum atomic E-state index is 11.8. The minimum absolute atomic E-state index is 0.250. The van der Waals surface area contributed by atoms with E-state index < -0.39 is 15.9 Å². The van der Waals surface area contributed by atoms with Gasteiger partial charge in [0.1, 0.15) is 28.8 Å². The van der Waals surface area contributed by atoms with Gasteiger partial charge in [-0.2, -0.15) is 4.31 Å². The molecule has 1 saturated heterocycles. The molecule has 0 spiro atoms. The highest BCUT2D eigenvalue weighted by Crippen LogP contribution is 2.36. The van der Waals surface area contributed by atoms with Gasteiger partial charge in [-0.25, -0.2) is 18.4 Å². The largest absolute Gasteiger partial charge is 0.487 e. The Hall–Kier alpha value is -2.76. The van der Waals surface area contributed by atoms with Gasteiger partial charge in [0.05, 0.1) is 23.9 Å². The lowest BCUT2D eigenvalue weighted by Gasteiger charge is -2.19. The summed E-state index contributed by atoms with van der Waals surface area (Å²) >= 11 is 1.60. The van der Waals surface area contributed by atoms with Crippen LogP contribution in [0.4, 0.5) is 11.5 Å². The molecule has 0 aliphatic carbocycles. The number of hydrogen-bond donors (Lipinski definition) is 2. The number of carbonyl (C=O) groups excluding carboxylic acids is 1. The van der Waals surface area contributed by atoms with Crippen molar-refractivity contribution in [2.45, 2.75) is 26.4 Å². The van der Waals surface area contributed by atoms with E-state index in [-0.39, 0.29) is 12.6 Å². The zero-order valence-electron chi connectivity index (χ0n) is 17.4. The lowest BCUT2D eigenvalue weighted by atomic mass is 10.1. The van der Waals surface area contributed by atoms with Crippen LogP contribution in [-0.2, 0) is 10.0 Å². The quantitative estimate of drug-likeness (QED) is 0.577. The monoisotopic (exact) mass is 461 g/mol. The van der Waals surface area contributed by atoms with Gasteiger partial charge in [0.25, 0.3) is 0 Å². The zero-order chi connectivity index (χ0) is 22.3. The number of anilines is 2. The first-order chi connectivity index (χ1) is 14.6. The predicted molar refractivity (Wildman–Crippen MR) is 121 cm³/mol. The van der Waals surface area contributed by atoms with E-state index in [2.05, 4.69) is 15.3 Å². The number of aromatic nitrogens is 2. The Kier molecular flexibility index (Phi) is 5.58. The Morgan fingerprint density at radius 3 is 2.77 bits per heavy atom. The third-order valence-corrected chi connectivity index (χ3v) is 7.74. The van der Waals surface area contributed by atoms with Crippen molar-refractivity contribution in [1.82, 2.24) is 14.3 Å². The van der Waals surface area contributed by atoms with Crippen LogP contribution in [0.5, 0.6) is 5.75 Å². The van der Waals surface area contributed by atoms with E-state index in [1.165, 1.54) is 16.9 Å². The third-order valence-electron chi connectivity index (χ3n) is 5.35. The van der Waals surface area contributed by atoms with E-state index in [9.17, 15) is 13.2 Å². The van der Waals surface area contributed by atoms with Crippen molar-refractivity contribution < 1.29 is 17.9 Å². The average molecular weight is 462 g/mol. The number of carbonyl (C=O) groups is 1. The molecule has 1 aliphatic rings. The number of rotatable bonds is 6.